The van der Waals surface area contributed by atoms with Gasteiger partial charge in [0.1, 0.15) is 5.82 Å². The van der Waals surface area contributed by atoms with Gasteiger partial charge in [-0.3, -0.25) is 4.99 Å². The number of fused-ring (bicyclic) bond motifs is 1. The number of nitrogens with one attached hydrogen (secondary N) is 2. The molecule has 3 rings (SSSR count). The van der Waals surface area contributed by atoms with E-state index in [0.29, 0.717) is 13.1 Å². The number of anilines is 1. The standard InChI is InChI=1S/C18H25N5O/c1-2-19-18(23-12-9-15(24)13-23)21-11-10-20-17-8-7-14-5-3-4-6-16(14)22-17/h3-8,15,24H,2,9-13H2,1H3,(H,19,21)(H,20,22)/t15-/m1/s1. The van der Waals surface area contributed by atoms with Crippen LogP contribution in [0.4, 0.5) is 5.82 Å². The lowest BCUT2D eigenvalue weighted by atomic mass is 10.2. The minimum atomic E-state index is -0.242. The first-order valence-electron chi connectivity index (χ1n) is 8.57. The fourth-order valence-corrected chi connectivity index (χ4v) is 2.87. The smallest absolute Gasteiger partial charge is 0.194 e. The van der Waals surface area contributed by atoms with Crippen molar-refractivity contribution in [2.45, 2.75) is 19.4 Å². The van der Waals surface area contributed by atoms with E-state index in [9.17, 15) is 5.11 Å². The minimum absolute atomic E-state index is 0.242. The Morgan fingerprint density at radius 1 is 1.33 bits per heavy atom. The maximum Gasteiger partial charge on any atom is 0.194 e. The fraction of sp³-hybridized carbons (Fsp3) is 0.444. The van der Waals surface area contributed by atoms with Gasteiger partial charge in [0.05, 0.1) is 18.2 Å². The normalized spacial score (nSPS) is 18.2. The first-order chi connectivity index (χ1) is 11.8. The summed E-state index contributed by atoms with van der Waals surface area (Å²) in [4.78, 5) is 11.3. The highest BCUT2D eigenvalue weighted by Crippen LogP contribution is 2.14. The number of para-hydroxylation sites is 1. The largest absolute Gasteiger partial charge is 0.391 e. The highest BCUT2D eigenvalue weighted by atomic mass is 16.3. The molecule has 1 saturated heterocycles. The van der Waals surface area contributed by atoms with Gasteiger partial charge in [0.15, 0.2) is 5.96 Å². The molecule has 3 N–H and O–H groups in total. The molecule has 0 bridgehead atoms. The van der Waals surface area contributed by atoms with Crippen molar-refractivity contribution in [3.8, 4) is 0 Å². The molecule has 1 aliphatic heterocycles. The van der Waals surface area contributed by atoms with E-state index in [1.807, 2.05) is 24.3 Å². The first-order valence-corrected chi connectivity index (χ1v) is 8.57. The molecule has 0 amide bonds. The van der Waals surface area contributed by atoms with Gasteiger partial charge >= 0.3 is 0 Å². The van der Waals surface area contributed by atoms with Crippen LogP contribution in [-0.2, 0) is 0 Å². The molecule has 2 heterocycles. The predicted molar refractivity (Wildman–Crippen MR) is 98.4 cm³/mol. The topological polar surface area (TPSA) is 72.8 Å². The third-order valence-corrected chi connectivity index (χ3v) is 4.08. The van der Waals surface area contributed by atoms with Gasteiger partial charge in [-0.1, -0.05) is 18.2 Å². The van der Waals surface area contributed by atoms with Crippen LogP contribution in [-0.4, -0.2) is 59.8 Å². The summed E-state index contributed by atoms with van der Waals surface area (Å²) in [6.07, 6.45) is 0.567. The zero-order chi connectivity index (χ0) is 16.8. The molecule has 2 aromatic rings. The van der Waals surface area contributed by atoms with Crippen molar-refractivity contribution in [3.63, 3.8) is 0 Å². The van der Waals surface area contributed by atoms with Crippen molar-refractivity contribution < 1.29 is 5.11 Å². The Hall–Kier alpha value is -2.34. The van der Waals surface area contributed by atoms with E-state index in [2.05, 4.69) is 44.6 Å². The Kier molecular flexibility index (Phi) is 5.48. The van der Waals surface area contributed by atoms with Gasteiger partial charge in [0, 0.05) is 31.6 Å². The first kappa shape index (κ1) is 16.5. The van der Waals surface area contributed by atoms with Gasteiger partial charge in [-0.15, -0.1) is 0 Å². The van der Waals surface area contributed by atoms with E-state index in [1.54, 1.807) is 0 Å². The SMILES string of the molecule is CCNC(=NCCNc1ccc2ccccc2n1)N1CC[C@@H](O)C1. The van der Waals surface area contributed by atoms with Gasteiger partial charge < -0.3 is 20.6 Å². The highest BCUT2D eigenvalue weighted by Gasteiger charge is 2.22. The van der Waals surface area contributed by atoms with E-state index in [4.69, 9.17) is 0 Å². The summed E-state index contributed by atoms with van der Waals surface area (Å²) >= 11 is 0. The van der Waals surface area contributed by atoms with Gasteiger partial charge in [0.2, 0.25) is 0 Å². The van der Waals surface area contributed by atoms with Crippen molar-refractivity contribution in [3.05, 3.63) is 36.4 Å². The average Bonchev–Trinajstić information content (AvgIpc) is 3.04. The van der Waals surface area contributed by atoms with Crippen LogP contribution in [0.5, 0.6) is 0 Å². The Balaban J connectivity index is 1.55. The van der Waals surface area contributed by atoms with Gasteiger partial charge in [-0.25, -0.2) is 4.98 Å². The summed E-state index contributed by atoms with van der Waals surface area (Å²) < 4.78 is 0. The summed E-state index contributed by atoms with van der Waals surface area (Å²) in [6, 6.07) is 12.2. The second kappa shape index (κ2) is 7.97. The molecule has 0 saturated carbocycles. The number of aliphatic imine (C=N–C) groups is 1. The number of hydrogen-bond acceptors (Lipinski definition) is 4. The Labute approximate surface area is 142 Å². The molecule has 0 aliphatic carbocycles. The van der Waals surface area contributed by atoms with Crippen molar-refractivity contribution >= 4 is 22.7 Å². The van der Waals surface area contributed by atoms with Crippen LogP contribution in [0.15, 0.2) is 41.4 Å². The number of nitrogens with zero attached hydrogens (tertiary/aromatic N) is 3. The summed E-state index contributed by atoms with van der Waals surface area (Å²) in [6.45, 7) is 5.77. The Bertz CT molecular complexity index is 703. The molecule has 0 unspecified atom stereocenters. The fourth-order valence-electron chi connectivity index (χ4n) is 2.87. The molecular formula is C18H25N5O. The molecule has 1 aromatic heterocycles. The summed E-state index contributed by atoms with van der Waals surface area (Å²) in [5.74, 6) is 1.74. The van der Waals surface area contributed by atoms with Crippen molar-refractivity contribution in [1.29, 1.82) is 0 Å². The van der Waals surface area contributed by atoms with Crippen LogP contribution in [0.25, 0.3) is 10.9 Å². The molecule has 24 heavy (non-hydrogen) atoms. The second-order valence-electron chi connectivity index (χ2n) is 5.94. The molecule has 1 atom stereocenters. The van der Waals surface area contributed by atoms with E-state index in [1.165, 1.54) is 0 Å². The van der Waals surface area contributed by atoms with Crippen molar-refractivity contribution in [2.75, 3.05) is 38.0 Å². The maximum absolute atomic E-state index is 9.68. The number of aromatic nitrogens is 1. The Morgan fingerprint density at radius 3 is 3.00 bits per heavy atom. The molecule has 6 heteroatoms. The van der Waals surface area contributed by atoms with Gasteiger partial charge in [0.25, 0.3) is 0 Å². The number of pyridine rings is 1. The van der Waals surface area contributed by atoms with Gasteiger partial charge in [-0.05, 0) is 31.5 Å². The monoisotopic (exact) mass is 327 g/mol. The van der Waals surface area contributed by atoms with Crippen LogP contribution < -0.4 is 10.6 Å². The number of hydrogen-bond donors (Lipinski definition) is 3. The molecule has 1 aliphatic rings. The molecule has 0 radical (unpaired) electrons. The third kappa shape index (κ3) is 4.14. The number of β-amino-alcohol motifs (C(OH)–C–C–N with tert-alkyl or cyclic N) is 1. The summed E-state index contributed by atoms with van der Waals surface area (Å²) in [7, 11) is 0. The highest BCUT2D eigenvalue weighted by molar-refractivity contribution is 5.81. The maximum atomic E-state index is 9.68. The lowest BCUT2D eigenvalue weighted by molar-refractivity contribution is 0.188. The Morgan fingerprint density at radius 2 is 2.21 bits per heavy atom. The van der Waals surface area contributed by atoms with Crippen LogP contribution in [0, 0.1) is 0 Å². The van der Waals surface area contributed by atoms with E-state index >= 15 is 0 Å². The van der Waals surface area contributed by atoms with E-state index in [-0.39, 0.29) is 6.10 Å². The lowest BCUT2D eigenvalue weighted by Crippen LogP contribution is -2.40. The summed E-state index contributed by atoms with van der Waals surface area (Å²) in [5.41, 5.74) is 0.991. The number of benzene rings is 1. The lowest BCUT2D eigenvalue weighted by Gasteiger charge is -2.20. The quantitative estimate of drug-likeness (QED) is 0.443. The predicted octanol–water partition coefficient (Wildman–Crippen LogP) is 1.68. The minimum Gasteiger partial charge on any atom is -0.391 e. The molecule has 0 spiro atoms. The molecule has 128 valence electrons. The summed E-state index contributed by atoms with van der Waals surface area (Å²) in [5, 5.41) is 17.4. The van der Waals surface area contributed by atoms with Crippen LogP contribution in [0.3, 0.4) is 0 Å². The zero-order valence-electron chi connectivity index (χ0n) is 14.1. The number of guanidine groups is 1. The number of aliphatic hydroxyl groups excluding tert-OH is 1. The van der Waals surface area contributed by atoms with Crippen LogP contribution in [0.2, 0.25) is 0 Å². The molecule has 1 aromatic carbocycles. The zero-order valence-corrected chi connectivity index (χ0v) is 14.1. The molecule has 6 nitrogen and oxygen atoms in total. The van der Waals surface area contributed by atoms with Gasteiger partial charge in [-0.2, -0.15) is 0 Å². The molecular weight excluding hydrogens is 302 g/mol. The third-order valence-electron chi connectivity index (χ3n) is 4.08. The number of aliphatic hydroxyl groups is 1. The molecule has 1 fully saturated rings. The van der Waals surface area contributed by atoms with Crippen molar-refractivity contribution in [2.24, 2.45) is 4.99 Å². The van der Waals surface area contributed by atoms with Crippen LogP contribution in [0.1, 0.15) is 13.3 Å². The van der Waals surface area contributed by atoms with Crippen molar-refractivity contribution in [1.82, 2.24) is 15.2 Å². The number of rotatable bonds is 5. The number of likely N-dealkylation sites (tertiary alicyclic amines) is 1. The second-order valence-corrected chi connectivity index (χ2v) is 5.94. The van der Waals surface area contributed by atoms with E-state index in [0.717, 1.165) is 48.7 Å². The average molecular weight is 327 g/mol. The van der Waals surface area contributed by atoms with E-state index < -0.39 is 0 Å². The van der Waals surface area contributed by atoms with Crippen LogP contribution >= 0.6 is 0 Å².